The third-order valence-electron chi connectivity index (χ3n) is 2.56. The van der Waals surface area contributed by atoms with Crippen molar-refractivity contribution in [3.05, 3.63) is 41.7 Å². The molecule has 2 rings (SSSR count). The van der Waals surface area contributed by atoms with Crippen molar-refractivity contribution < 1.29 is 23.1 Å². The van der Waals surface area contributed by atoms with Crippen LogP contribution in [0.3, 0.4) is 0 Å². The van der Waals surface area contributed by atoms with Crippen molar-refractivity contribution in [3.8, 4) is 5.75 Å². The van der Waals surface area contributed by atoms with Crippen LogP contribution in [0.5, 0.6) is 5.75 Å². The second kappa shape index (κ2) is 4.87. The number of nitrogens with zero attached hydrogens (tertiary/aromatic N) is 2. The van der Waals surface area contributed by atoms with Crippen molar-refractivity contribution >= 4 is 11.6 Å². The van der Waals surface area contributed by atoms with E-state index >= 15 is 0 Å². The maximum Gasteiger partial charge on any atom is 0.435 e. The summed E-state index contributed by atoms with van der Waals surface area (Å²) < 4.78 is 38.3. The van der Waals surface area contributed by atoms with Crippen molar-refractivity contribution in [1.82, 2.24) is 9.78 Å². The van der Waals surface area contributed by atoms with Gasteiger partial charge in [-0.1, -0.05) is 12.1 Å². The lowest BCUT2D eigenvalue weighted by molar-refractivity contribution is -0.141. The van der Waals surface area contributed by atoms with Gasteiger partial charge in [0, 0.05) is 13.1 Å². The Morgan fingerprint density at radius 3 is 2.55 bits per heavy atom. The Morgan fingerprint density at radius 1 is 1.35 bits per heavy atom. The van der Waals surface area contributed by atoms with Crippen LogP contribution in [-0.4, -0.2) is 20.8 Å². The summed E-state index contributed by atoms with van der Waals surface area (Å²) in [6.45, 7) is 0. The Bertz CT molecular complexity index is 650. The van der Waals surface area contributed by atoms with Crippen molar-refractivity contribution in [2.45, 2.75) is 6.18 Å². The molecule has 0 radical (unpaired) electrons. The van der Waals surface area contributed by atoms with E-state index in [1.807, 2.05) is 0 Å². The highest BCUT2D eigenvalue weighted by atomic mass is 19.4. The quantitative estimate of drug-likeness (QED) is 0.833. The molecule has 0 aliphatic heterocycles. The lowest BCUT2D eigenvalue weighted by atomic mass is 10.2. The molecule has 0 spiro atoms. The molecule has 0 saturated carbocycles. The first kappa shape index (κ1) is 13.9. The van der Waals surface area contributed by atoms with Gasteiger partial charge in [0.1, 0.15) is 11.4 Å². The van der Waals surface area contributed by atoms with E-state index in [1.165, 1.54) is 19.2 Å². The van der Waals surface area contributed by atoms with Crippen LogP contribution in [0.4, 0.5) is 18.9 Å². The number of para-hydroxylation sites is 2. The number of rotatable bonds is 2. The third-order valence-corrected chi connectivity index (χ3v) is 2.56. The first-order valence-corrected chi connectivity index (χ1v) is 5.49. The van der Waals surface area contributed by atoms with Gasteiger partial charge in [-0.2, -0.15) is 18.3 Å². The molecule has 0 aliphatic rings. The molecular weight excluding hydrogens is 275 g/mol. The van der Waals surface area contributed by atoms with Gasteiger partial charge in [-0.3, -0.25) is 9.48 Å². The van der Waals surface area contributed by atoms with Crippen LogP contribution in [0.2, 0.25) is 0 Å². The highest BCUT2D eigenvalue weighted by molar-refractivity contribution is 6.03. The molecule has 0 saturated heterocycles. The largest absolute Gasteiger partial charge is 0.506 e. The molecule has 0 fully saturated rings. The SMILES string of the molecule is Cn1nc(C(F)(F)F)cc1C(=O)Nc1ccccc1O. The molecule has 0 atom stereocenters. The number of hydrogen-bond donors (Lipinski definition) is 2. The zero-order chi connectivity index (χ0) is 14.9. The molecule has 1 aromatic heterocycles. The Balaban J connectivity index is 2.27. The van der Waals surface area contributed by atoms with Gasteiger partial charge < -0.3 is 10.4 Å². The van der Waals surface area contributed by atoms with E-state index in [9.17, 15) is 23.1 Å². The fourth-order valence-corrected chi connectivity index (χ4v) is 1.58. The van der Waals surface area contributed by atoms with Gasteiger partial charge >= 0.3 is 6.18 Å². The Morgan fingerprint density at radius 2 is 2.00 bits per heavy atom. The van der Waals surface area contributed by atoms with Gasteiger partial charge in [-0.15, -0.1) is 0 Å². The fraction of sp³-hybridized carbons (Fsp3) is 0.167. The van der Waals surface area contributed by atoms with Crippen molar-refractivity contribution in [1.29, 1.82) is 0 Å². The van der Waals surface area contributed by atoms with Gasteiger partial charge in [0.2, 0.25) is 0 Å². The normalized spacial score (nSPS) is 11.4. The number of carbonyl (C=O) groups is 1. The second-order valence-corrected chi connectivity index (χ2v) is 4.01. The number of carbonyl (C=O) groups excluding carboxylic acids is 1. The molecule has 2 N–H and O–H groups in total. The zero-order valence-electron chi connectivity index (χ0n) is 10.3. The van der Waals surface area contributed by atoms with Crippen LogP contribution in [0, 0.1) is 0 Å². The Kier molecular flexibility index (Phi) is 3.39. The van der Waals surface area contributed by atoms with Crippen molar-refractivity contribution in [3.63, 3.8) is 0 Å². The zero-order valence-corrected chi connectivity index (χ0v) is 10.3. The third kappa shape index (κ3) is 2.73. The maximum absolute atomic E-state index is 12.5. The summed E-state index contributed by atoms with van der Waals surface area (Å²) in [6, 6.07) is 6.54. The minimum absolute atomic E-state index is 0.104. The minimum atomic E-state index is -4.62. The molecule has 0 aliphatic carbocycles. The van der Waals surface area contributed by atoms with Gasteiger partial charge in [0.05, 0.1) is 5.69 Å². The summed E-state index contributed by atoms with van der Waals surface area (Å²) in [5.41, 5.74) is -1.31. The van der Waals surface area contributed by atoms with Crippen LogP contribution in [0.15, 0.2) is 30.3 Å². The van der Waals surface area contributed by atoms with E-state index in [-0.39, 0.29) is 17.1 Å². The molecule has 2 aromatic rings. The van der Waals surface area contributed by atoms with Crippen LogP contribution in [0.25, 0.3) is 0 Å². The summed E-state index contributed by atoms with van der Waals surface area (Å²) in [4.78, 5) is 11.9. The summed E-state index contributed by atoms with van der Waals surface area (Å²) in [5.74, 6) is -0.976. The number of phenolic OH excluding ortho intramolecular Hbond substituents is 1. The number of aryl methyl sites for hydroxylation is 1. The molecule has 1 heterocycles. The van der Waals surface area contributed by atoms with Gasteiger partial charge in [-0.25, -0.2) is 0 Å². The van der Waals surface area contributed by atoms with Crippen LogP contribution < -0.4 is 5.32 Å². The molecular formula is C12H10F3N3O2. The highest BCUT2D eigenvalue weighted by Crippen LogP contribution is 2.29. The average Bonchev–Trinajstić information content (AvgIpc) is 2.74. The lowest BCUT2D eigenvalue weighted by Crippen LogP contribution is -2.16. The summed E-state index contributed by atoms with van der Waals surface area (Å²) in [5, 5.41) is 15.0. The monoisotopic (exact) mass is 285 g/mol. The van der Waals surface area contributed by atoms with Crippen LogP contribution in [0.1, 0.15) is 16.2 Å². The molecule has 5 nitrogen and oxygen atoms in total. The summed E-state index contributed by atoms with van der Waals surface area (Å²) in [7, 11) is 1.23. The molecule has 20 heavy (non-hydrogen) atoms. The van der Waals surface area contributed by atoms with Crippen molar-refractivity contribution in [2.75, 3.05) is 5.32 Å². The first-order chi connectivity index (χ1) is 9.29. The molecule has 1 amide bonds. The van der Waals surface area contributed by atoms with E-state index in [1.54, 1.807) is 12.1 Å². The number of alkyl halides is 3. The smallest absolute Gasteiger partial charge is 0.435 e. The van der Waals surface area contributed by atoms with E-state index in [0.29, 0.717) is 6.07 Å². The highest BCUT2D eigenvalue weighted by Gasteiger charge is 2.35. The topological polar surface area (TPSA) is 67.2 Å². The number of hydrogen-bond acceptors (Lipinski definition) is 3. The van der Waals surface area contributed by atoms with Gasteiger partial charge in [0.25, 0.3) is 5.91 Å². The van der Waals surface area contributed by atoms with Crippen LogP contribution in [-0.2, 0) is 13.2 Å². The second-order valence-electron chi connectivity index (χ2n) is 4.01. The van der Waals surface area contributed by atoms with Gasteiger partial charge in [0.15, 0.2) is 5.69 Å². The van der Waals surface area contributed by atoms with Crippen molar-refractivity contribution in [2.24, 2.45) is 7.05 Å². The average molecular weight is 285 g/mol. The van der Waals surface area contributed by atoms with E-state index in [4.69, 9.17) is 0 Å². The lowest BCUT2D eigenvalue weighted by Gasteiger charge is -2.06. The number of aromatic hydroxyl groups is 1. The summed E-state index contributed by atoms with van der Waals surface area (Å²) in [6.07, 6.45) is -4.62. The summed E-state index contributed by atoms with van der Waals surface area (Å²) >= 11 is 0. The first-order valence-electron chi connectivity index (χ1n) is 5.49. The number of phenols is 1. The molecule has 0 bridgehead atoms. The van der Waals surface area contributed by atoms with Gasteiger partial charge in [-0.05, 0) is 12.1 Å². The predicted octanol–water partition coefficient (Wildman–Crippen LogP) is 2.40. The van der Waals surface area contributed by atoms with E-state index < -0.39 is 17.8 Å². The number of aromatic nitrogens is 2. The number of benzene rings is 1. The van der Waals surface area contributed by atoms with E-state index in [2.05, 4.69) is 10.4 Å². The van der Waals surface area contributed by atoms with E-state index in [0.717, 1.165) is 4.68 Å². The maximum atomic E-state index is 12.5. The molecule has 0 unspecified atom stereocenters. The molecule has 1 aromatic carbocycles. The van der Waals surface area contributed by atoms with Crippen LogP contribution >= 0.6 is 0 Å². The molecule has 8 heteroatoms. The number of nitrogens with one attached hydrogen (secondary N) is 1. The number of anilines is 1. The molecule has 106 valence electrons. The predicted molar refractivity (Wildman–Crippen MR) is 64.3 cm³/mol. The standard InChI is InChI=1S/C12H10F3N3O2/c1-18-8(6-10(17-18)12(13,14)15)11(20)16-7-4-2-3-5-9(7)19/h2-6,19H,1H3,(H,16,20). The Labute approximate surface area is 111 Å². The fourth-order valence-electron chi connectivity index (χ4n) is 1.58. The number of halogens is 3. The Hall–Kier alpha value is -2.51. The minimum Gasteiger partial charge on any atom is -0.506 e. The number of amides is 1.